The van der Waals surface area contributed by atoms with Crippen LogP contribution >= 0.6 is 7.82 Å². The Hall–Kier alpha value is -0.500. The number of carbonyl (C=O) groups excluding carboxylic acids is 1. The summed E-state index contributed by atoms with van der Waals surface area (Å²) in [6, 6.07) is -0.791. The maximum atomic E-state index is 12.8. The summed E-state index contributed by atoms with van der Waals surface area (Å²) in [5.74, 6) is -0.165. The first-order chi connectivity index (χ1) is 31.5. The molecule has 0 aliphatic heterocycles. The number of hydrogen-bond donors (Lipinski definition) is 2. The van der Waals surface area contributed by atoms with Gasteiger partial charge in [0, 0.05) is 6.42 Å². The summed E-state index contributed by atoms with van der Waals surface area (Å²) in [6.07, 6.45) is 58.1. The molecule has 0 aliphatic rings. The number of nitrogens with zero attached hydrogens (tertiary/aromatic N) is 1. The molecule has 0 aromatic heterocycles. The average Bonchev–Trinajstić information content (AvgIpc) is 3.26. The van der Waals surface area contributed by atoms with Gasteiger partial charge in [-0.3, -0.25) is 9.36 Å². The van der Waals surface area contributed by atoms with Crippen molar-refractivity contribution in [2.45, 2.75) is 315 Å². The Balaban J connectivity index is 3.62. The van der Waals surface area contributed by atoms with E-state index in [9.17, 15) is 19.4 Å². The number of unbranched alkanes of at least 4 members (excludes halogenated alkanes) is 41. The van der Waals surface area contributed by atoms with Gasteiger partial charge in [0.15, 0.2) is 0 Å². The second-order valence-corrected chi connectivity index (χ2v) is 22.8. The highest BCUT2D eigenvalue weighted by Crippen LogP contribution is 2.38. The van der Waals surface area contributed by atoms with Crippen LogP contribution in [0.15, 0.2) is 0 Å². The minimum atomic E-state index is -4.55. The molecule has 1 amide bonds. The van der Waals surface area contributed by atoms with Crippen LogP contribution in [0.3, 0.4) is 0 Å². The Labute approximate surface area is 406 Å². The molecule has 0 rings (SSSR count). The van der Waals surface area contributed by atoms with Crippen LogP contribution in [-0.4, -0.2) is 68.5 Å². The van der Waals surface area contributed by atoms with Crippen molar-refractivity contribution in [3.63, 3.8) is 0 Å². The van der Waals surface area contributed by atoms with Gasteiger partial charge >= 0.3 is 0 Å². The van der Waals surface area contributed by atoms with Crippen molar-refractivity contribution in [1.82, 2.24) is 5.32 Å². The fraction of sp³-hybridized carbons (Fsp3) is 0.982. The van der Waals surface area contributed by atoms with Crippen molar-refractivity contribution in [3.05, 3.63) is 0 Å². The van der Waals surface area contributed by atoms with E-state index >= 15 is 0 Å². The van der Waals surface area contributed by atoms with Crippen LogP contribution in [0.2, 0.25) is 0 Å². The Morgan fingerprint density at radius 1 is 0.477 bits per heavy atom. The first kappa shape index (κ1) is 64.5. The summed E-state index contributed by atoms with van der Waals surface area (Å²) in [4.78, 5) is 25.2. The van der Waals surface area contributed by atoms with Crippen LogP contribution in [0.25, 0.3) is 0 Å². The van der Waals surface area contributed by atoms with Crippen molar-refractivity contribution in [3.8, 4) is 0 Å². The Morgan fingerprint density at radius 2 is 0.754 bits per heavy atom. The van der Waals surface area contributed by atoms with Crippen LogP contribution in [0.5, 0.6) is 0 Å². The number of hydrogen-bond acceptors (Lipinski definition) is 6. The summed E-state index contributed by atoms with van der Waals surface area (Å²) in [5.41, 5.74) is 0. The van der Waals surface area contributed by atoms with E-state index in [4.69, 9.17) is 9.05 Å². The minimum absolute atomic E-state index is 0.0149. The molecule has 3 atom stereocenters. The topological polar surface area (TPSA) is 108 Å². The Bertz CT molecular complexity index is 1030. The van der Waals surface area contributed by atoms with E-state index in [2.05, 4.69) is 19.2 Å². The fourth-order valence-electron chi connectivity index (χ4n) is 9.04. The number of quaternary nitrogens is 1. The normalized spacial score (nSPS) is 13.9. The molecule has 0 aliphatic carbocycles. The molecule has 0 spiro atoms. The Morgan fingerprint density at radius 3 is 1.05 bits per heavy atom. The number of phosphoric acid groups is 1. The van der Waals surface area contributed by atoms with Gasteiger partial charge in [-0.2, -0.15) is 0 Å². The molecule has 0 bridgehead atoms. The van der Waals surface area contributed by atoms with Gasteiger partial charge in [0.2, 0.25) is 5.91 Å². The molecule has 0 aromatic carbocycles. The molecular weight excluding hydrogens is 828 g/mol. The number of amides is 1. The van der Waals surface area contributed by atoms with E-state index in [1.54, 1.807) is 0 Å². The summed E-state index contributed by atoms with van der Waals surface area (Å²) in [5, 5.41) is 13.7. The lowest BCUT2D eigenvalue weighted by molar-refractivity contribution is -0.870. The molecular formula is C56H115N2O6P. The number of carbonyl (C=O) groups is 1. The molecule has 3 unspecified atom stereocenters. The van der Waals surface area contributed by atoms with Crippen LogP contribution in [-0.2, 0) is 18.4 Å². The highest BCUT2D eigenvalue weighted by molar-refractivity contribution is 7.45. The number of phosphoric ester groups is 1. The zero-order chi connectivity index (χ0) is 47.8. The second-order valence-electron chi connectivity index (χ2n) is 21.4. The highest BCUT2D eigenvalue weighted by Gasteiger charge is 2.24. The molecule has 0 aromatic rings. The monoisotopic (exact) mass is 943 g/mol. The third-order valence-corrected chi connectivity index (χ3v) is 14.6. The number of aliphatic hydroxyl groups is 1. The third kappa shape index (κ3) is 51.2. The van der Waals surface area contributed by atoms with E-state index in [1.807, 2.05) is 21.1 Å². The fourth-order valence-corrected chi connectivity index (χ4v) is 9.77. The van der Waals surface area contributed by atoms with Gasteiger partial charge in [0.25, 0.3) is 7.82 Å². The standard InChI is InChI=1S/C56H115N2O6P/c1-6-8-10-12-13-14-15-16-17-18-19-20-21-22-23-24-25-26-27-28-29-30-31-32-33-34-35-36-37-38-39-40-41-42-43-44-46-48-50-56(60)57-54(55(59)49-47-45-11-9-7-2)53-64-65(61,62)63-52-51-58(3,4)5/h54-55,59H,6-53H2,1-5H3,(H-,57,60,61,62). The van der Waals surface area contributed by atoms with Gasteiger partial charge < -0.3 is 28.8 Å². The zero-order valence-corrected chi connectivity index (χ0v) is 45.4. The summed E-state index contributed by atoms with van der Waals surface area (Å²) >= 11 is 0. The third-order valence-electron chi connectivity index (χ3n) is 13.6. The zero-order valence-electron chi connectivity index (χ0n) is 44.5. The summed E-state index contributed by atoms with van der Waals surface area (Å²) < 4.78 is 23.1. The quantitative estimate of drug-likeness (QED) is 0.0357. The number of likely N-dealkylation sites (N-methyl/N-ethyl adjacent to an activating group) is 1. The first-order valence-electron chi connectivity index (χ1n) is 28.9. The van der Waals surface area contributed by atoms with Gasteiger partial charge in [0.05, 0.1) is 39.9 Å². The first-order valence-corrected chi connectivity index (χ1v) is 30.3. The van der Waals surface area contributed by atoms with E-state index in [0.29, 0.717) is 23.9 Å². The van der Waals surface area contributed by atoms with Gasteiger partial charge in [0.1, 0.15) is 13.2 Å². The lowest BCUT2D eigenvalue weighted by Crippen LogP contribution is -2.46. The van der Waals surface area contributed by atoms with Gasteiger partial charge in [-0.05, 0) is 12.8 Å². The maximum Gasteiger partial charge on any atom is 0.268 e. The SMILES string of the molecule is CCCCCCCCCCCCCCCCCCCCCCCCCCCCCCCCCCCCCCCCC(=O)NC(COP(=O)([O-])OCC[N+](C)(C)C)C(O)CCCCCCC. The second kappa shape index (κ2) is 48.5. The van der Waals surface area contributed by atoms with Gasteiger partial charge in [-0.15, -0.1) is 0 Å². The molecule has 8 nitrogen and oxygen atoms in total. The molecule has 0 heterocycles. The lowest BCUT2D eigenvalue weighted by Gasteiger charge is -2.30. The minimum Gasteiger partial charge on any atom is -0.756 e. The van der Waals surface area contributed by atoms with Crippen LogP contribution < -0.4 is 10.2 Å². The maximum absolute atomic E-state index is 12.8. The number of aliphatic hydroxyl groups excluding tert-OH is 1. The van der Waals surface area contributed by atoms with Crippen LogP contribution in [0.1, 0.15) is 303 Å². The van der Waals surface area contributed by atoms with Crippen LogP contribution in [0, 0.1) is 0 Å². The molecule has 2 N–H and O–H groups in total. The number of rotatable bonds is 54. The van der Waals surface area contributed by atoms with Crippen molar-refractivity contribution in [2.24, 2.45) is 0 Å². The van der Waals surface area contributed by atoms with Gasteiger partial charge in [-0.25, -0.2) is 0 Å². The van der Waals surface area contributed by atoms with Crippen molar-refractivity contribution < 1.29 is 32.9 Å². The van der Waals surface area contributed by atoms with E-state index in [0.717, 1.165) is 51.4 Å². The van der Waals surface area contributed by atoms with Crippen molar-refractivity contribution in [2.75, 3.05) is 40.9 Å². The molecule has 9 heteroatoms. The smallest absolute Gasteiger partial charge is 0.268 e. The average molecular weight is 944 g/mol. The highest BCUT2D eigenvalue weighted by atomic mass is 31.2. The summed E-state index contributed by atoms with van der Waals surface area (Å²) in [6.45, 7) is 4.66. The number of nitrogens with one attached hydrogen (secondary N) is 1. The van der Waals surface area contributed by atoms with E-state index < -0.39 is 20.0 Å². The molecule has 0 radical (unpaired) electrons. The van der Waals surface area contributed by atoms with E-state index in [-0.39, 0.29) is 19.1 Å². The molecule has 65 heavy (non-hydrogen) atoms. The molecule has 0 saturated heterocycles. The van der Waals surface area contributed by atoms with Crippen LogP contribution in [0.4, 0.5) is 0 Å². The van der Waals surface area contributed by atoms with E-state index in [1.165, 1.54) is 225 Å². The largest absolute Gasteiger partial charge is 0.756 e. The van der Waals surface area contributed by atoms with Crippen molar-refractivity contribution >= 4 is 13.7 Å². The predicted molar refractivity (Wildman–Crippen MR) is 279 cm³/mol. The molecule has 390 valence electrons. The Kier molecular flexibility index (Phi) is 48.1. The van der Waals surface area contributed by atoms with Gasteiger partial charge in [-0.1, -0.05) is 284 Å². The summed E-state index contributed by atoms with van der Waals surface area (Å²) in [7, 11) is 1.32. The van der Waals surface area contributed by atoms with Crippen molar-refractivity contribution in [1.29, 1.82) is 0 Å². The molecule has 0 saturated carbocycles. The molecule has 0 fully saturated rings. The lowest BCUT2D eigenvalue weighted by atomic mass is 10.0. The predicted octanol–water partition coefficient (Wildman–Crippen LogP) is 16.6.